The Kier molecular flexibility index (Phi) is 5.29. The van der Waals surface area contributed by atoms with E-state index >= 15 is 0 Å². The van der Waals surface area contributed by atoms with Gasteiger partial charge in [0.1, 0.15) is 11.3 Å². The number of benzene rings is 1. The largest absolute Gasteiger partial charge is 0.497 e. The molecule has 1 amide bonds. The van der Waals surface area contributed by atoms with E-state index in [9.17, 15) is 9.59 Å². The summed E-state index contributed by atoms with van der Waals surface area (Å²) in [5.41, 5.74) is 0.112. The Bertz CT molecular complexity index is 569. The van der Waals surface area contributed by atoms with Crippen LogP contribution in [0.3, 0.4) is 0 Å². The third-order valence-electron chi connectivity index (χ3n) is 4.77. The van der Waals surface area contributed by atoms with Gasteiger partial charge in [0.05, 0.1) is 13.7 Å². The van der Waals surface area contributed by atoms with Crippen LogP contribution in [-0.2, 0) is 14.3 Å². The second-order valence-corrected chi connectivity index (χ2v) is 5.78. The van der Waals surface area contributed by atoms with Crippen molar-refractivity contribution in [1.29, 1.82) is 0 Å². The number of amides is 1. The molecule has 0 saturated carbocycles. The second kappa shape index (κ2) is 7.02. The Morgan fingerprint density at radius 2 is 1.91 bits per heavy atom. The van der Waals surface area contributed by atoms with Crippen LogP contribution in [0, 0.1) is 0 Å². The SMILES string of the molecule is CCOC(=O)C1(CC)C(c2ccc(OC)cc2)CCN1C(C)=O. The number of esters is 1. The molecule has 1 aliphatic heterocycles. The number of hydrogen-bond donors (Lipinski definition) is 0. The van der Waals surface area contributed by atoms with Crippen LogP contribution in [0.1, 0.15) is 45.1 Å². The molecule has 0 bridgehead atoms. The quantitative estimate of drug-likeness (QED) is 0.783. The van der Waals surface area contributed by atoms with Gasteiger partial charge in [0.15, 0.2) is 0 Å². The van der Waals surface area contributed by atoms with Crippen molar-refractivity contribution < 1.29 is 19.1 Å². The van der Waals surface area contributed by atoms with E-state index < -0.39 is 5.54 Å². The Morgan fingerprint density at radius 1 is 1.26 bits per heavy atom. The van der Waals surface area contributed by atoms with Gasteiger partial charge in [-0.25, -0.2) is 4.79 Å². The summed E-state index contributed by atoms with van der Waals surface area (Å²) in [5.74, 6) is 0.307. The molecule has 1 aromatic carbocycles. The predicted octanol–water partition coefficient (Wildman–Crippen LogP) is 2.74. The average molecular weight is 319 g/mol. The van der Waals surface area contributed by atoms with Crippen LogP contribution in [0.25, 0.3) is 0 Å². The summed E-state index contributed by atoms with van der Waals surface area (Å²) < 4.78 is 10.5. The molecule has 2 atom stereocenters. The second-order valence-electron chi connectivity index (χ2n) is 5.78. The van der Waals surface area contributed by atoms with E-state index in [-0.39, 0.29) is 17.8 Å². The molecule has 1 heterocycles. The Morgan fingerprint density at radius 3 is 2.39 bits per heavy atom. The molecule has 0 radical (unpaired) electrons. The number of carbonyl (C=O) groups excluding carboxylic acids is 2. The summed E-state index contributed by atoms with van der Waals surface area (Å²) in [5, 5.41) is 0. The summed E-state index contributed by atoms with van der Waals surface area (Å²) in [6, 6.07) is 7.71. The number of ether oxygens (including phenoxy) is 2. The zero-order valence-electron chi connectivity index (χ0n) is 14.3. The highest BCUT2D eigenvalue weighted by atomic mass is 16.5. The summed E-state index contributed by atoms with van der Waals surface area (Å²) in [4.78, 5) is 26.6. The summed E-state index contributed by atoms with van der Waals surface area (Å²) >= 11 is 0. The minimum Gasteiger partial charge on any atom is -0.497 e. The number of nitrogens with zero attached hydrogens (tertiary/aromatic N) is 1. The molecule has 2 rings (SSSR count). The molecule has 5 nitrogen and oxygen atoms in total. The van der Waals surface area contributed by atoms with Crippen LogP contribution in [0.4, 0.5) is 0 Å². The Hall–Kier alpha value is -2.04. The van der Waals surface area contributed by atoms with Gasteiger partial charge < -0.3 is 14.4 Å². The zero-order chi connectivity index (χ0) is 17.0. The van der Waals surface area contributed by atoms with E-state index in [1.807, 2.05) is 31.2 Å². The van der Waals surface area contributed by atoms with Gasteiger partial charge in [-0.3, -0.25) is 4.79 Å². The fraction of sp³-hybridized carbons (Fsp3) is 0.556. The molecule has 1 aromatic rings. The minimum absolute atomic E-state index is 0.0682. The topological polar surface area (TPSA) is 55.8 Å². The van der Waals surface area contributed by atoms with Crippen LogP contribution in [0.5, 0.6) is 5.75 Å². The minimum atomic E-state index is -0.920. The normalized spacial score (nSPS) is 23.7. The molecule has 1 saturated heterocycles. The van der Waals surface area contributed by atoms with E-state index in [1.165, 1.54) is 6.92 Å². The lowest BCUT2D eigenvalue weighted by molar-refractivity contribution is -0.162. The Balaban J connectivity index is 2.46. The molecule has 1 fully saturated rings. The van der Waals surface area contributed by atoms with Gasteiger partial charge in [0, 0.05) is 19.4 Å². The van der Waals surface area contributed by atoms with Gasteiger partial charge in [-0.2, -0.15) is 0 Å². The maximum atomic E-state index is 12.8. The smallest absolute Gasteiger partial charge is 0.332 e. The van der Waals surface area contributed by atoms with E-state index in [1.54, 1.807) is 18.9 Å². The van der Waals surface area contributed by atoms with Crippen molar-refractivity contribution in [2.24, 2.45) is 0 Å². The van der Waals surface area contributed by atoms with Crippen LogP contribution < -0.4 is 4.74 Å². The number of methoxy groups -OCH3 is 1. The first-order valence-electron chi connectivity index (χ1n) is 8.10. The first kappa shape index (κ1) is 17.3. The molecule has 2 unspecified atom stereocenters. The van der Waals surface area contributed by atoms with Gasteiger partial charge >= 0.3 is 5.97 Å². The number of hydrogen-bond acceptors (Lipinski definition) is 4. The van der Waals surface area contributed by atoms with Gasteiger partial charge in [0.25, 0.3) is 0 Å². The zero-order valence-corrected chi connectivity index (χ0v) is 14.3. The predicted molar refractivity (Wildman–Crippen MR) is 87.4 cm³/mol. The molecule has 0 aliphatic carbocycles. The van der Waals surface area contributed by atoms with Gasteiger partial charge in [0.2, 0.25) is 5.91 Å². The van der Waals surface area contributed by atoms with E-state index in [0.29, 0.717) is 19.6 Å². The molecule has 0 spiro atoms. The molecule has 0 N–H and O–H groups in total. The average Bonchev–Trinajstić information content (AvgIpc) is 2.96. The molecule has 5 heteroatoms. The van der Waals surface area contributed by atoms with Gasteiger partial charge in [-0.1, -0.05) is 19.1 Å². The van der Waals surface area contributed by atoms with Crippen LogP contribution >= 0.6 is 0 Å². The lowest BCUT2D eigenvalue weighted by Crippen LogP contribution is -2.55. The maximum Gasteiger partial charge on any atom is 0.332 e. The Labute approximate surface area is 137 Å². The van der Waals surface area contributed by atoms with Crippen molar-refractivity contribution >= 4 is 11.9 Å². The number of rotatable bonds is 5. The van der Waals surface area contributed by atoms with Crippen molar-refractivity contribution in [3.05, 3.63) is 29.8 Å². The lowest BCUT2D eigenvalue weighted by Gasteiger charge is -2.39. The molecule has 23 heavy (non-hydrogen) atoms. The summed E-state index contributed by atoms with van der Waals surface area (Å²) in [6.07, 6.45) is 1.28. The third-order valence-corrected chi connectivity index (χ3v) is 4.77. The highest BCUT2D eigenvalue weighted by molar-refractivity contribution is 5.89. The van der Waals surface area contributed by atoms with E-state index in [0.717, 1.165) is 17.7 Å². The van der Waals surface area contributed by atoms with Crippen LogP contribution in [0.2, 0.25) is 0 Å². The van der Waals surface area contributed by atoms with Crippen molar-refractivity contribution in [2.75, 3.05) is 20.3 Å². The molecule has 1 aliphatic rings. The third kappa shape index (κ3) is 2.92. The standard InChI is InChI=1S/C18H25NO4/c1-5-18(17(21)23-6-2)16(11-12-19(18)13(3)20)14-7-9-15(22-4)10-8-14/h7-10,16H,5-6,11-12H2,1-4H3. The summed E-state index contributed by atoms with van der Waals surface area (Å²) in [6.45, 7) is 6.12. The number of carbonyl (C=O) groups is 2. The first-order valence-corrected chi connectivity index (χ1v) is 8.10. The monoisotopic (exact) mass is 319 g/mol. The van der Waals surface area contributed by atoms with E-state index in [4.69, 9.17) is 9.47 Å². The maximum absolute atomic E-state index is 12.8. The van der Waals surface area contributed by atoms with Gasteiger partial charge in [-0.05, 0) is 37.5 Å². The van der Waals surface area contributed by atoms with Crippen molar-refractivity contribution in [1.82, 2.24) is 4.90 Å². The number of likely N-dealkylation sites (tertiary alicyclic amines) is 1. The fourth-order valence-corrected chi connectivity index (χ4v) is 3.69. The molecular formula is C18H25NO4. The van der Waals surface area contributed by atoms with Crippen molar-refractivity contribution in [2.45, 2.75) is 45.1 Å². The first-order chi connectivity index (χ1) is 11.0. The van der Waals surface area contributed by atoms with Gasteiger partial charge in [-0.15, -0.1) is 0 Å². The van der Waals surface area contributed by atoms with E-state index in [2.05, 4.69) is 0 Å². The molecule has 0 aromatic heterocycles. The lowest BCUT2D eigenvalue weighted by atomic mass is 9.78. The molecule has 126 valence electrons. The van der Waals surface area contributed by atoms with Crippen LogP contribution in [0.15, 0.2) is 24.3 Å². The highest BCUT2D eigenvalue weighted by Gasteiger charge is 2.55. The van der Waals surface area contributed by atoms with Crippen LogP contribution in [-0.4, -0.2) is 42.6 Å². The highest BCUT2D eigenvalue weighted by Crippen LogP contribution is 2.45. The van der Waals surface area contributed by atoms with Crippen molar-refractivity contribution in [3.8, 4) is 5.75 Å². The summed E-state index contributed by atoms with van der Waals surface area (Å²) in [7, 11) is 1.62. The molecular weight excluding hydrogens is 294 g/mol. The fourth-order valence-electron chi connectivity index (χ4n) is 3.69. The van der Waals surface area contributed by atoms with Crippen molar-refractivity contribution in [3.63, 3.8) is 0 Å².